The maximum atomic E-state index is 12.4. The van der Waals surface area contributed by atoms with Gasteiger partial charge in [0.2, 0.25) is 10.0 Å². The summed E-state index contributed by atoms with van der Waals surface area (Å²) in [7, 11) is -3.56. The Labute approximate surface area is 163 Å². The van der Waals surface area contributed by atoms with Crippen molar-refractivity contribution in [1.29, 1.82) is 0 Å². The summed E-state index contributed by atoms with van der Waals surface area (Å²) in [4.78, 5) is 14.8. The molecule has 0 bridgehead atoms. The largest absolute Gasteiger partial charge is 0.481 e. The first-order valence-electron chi connectivity index (χ1n) is 8.57. The Balaban J connectivity index is 2.07. The molecule has 0 atom stereocenters. The fourth-order valence-corrected chi connectivity index (χ4v) is 3.74. The van der Waals surface area contributed by atoms with E-state index in [-0.39, 0.29) is 4.90 Å². The third-order valence-electron chi connectivity index (χ3n) is 3.73. The van der Waals surface area contributed by atoms with E-state index in [1.54, 1.807) is 38.1 Å². The first kappa shape index (κ1) is 21.3. The average molecular weight is 406 g/mol. The number of aliphatic carboxylic acids is 1. The standard InChI is InChI=1S/C18H22N4O5S/c1-3-22(4-2)28(25,26)15-9-10-17(19-12-15)21-20-11-14-7-5-6-8-16(14)27-13-18(23)24/h5-12H,3-4,13H2,1-2H3,(H,19,21)(H,23,24). The van der Waals surface area contributed by atoms with Crippen LogP contribution < -0.4 is 10.2 Å². The number of carboxylic acids is 1. The van der Waals surface area contributed by atoms with Crippen molar-refractivity contribution in [2.45, 2.75) is 18.7 Å². The van der Waals surface area contributed by atoms with Gasteiger partial charge in [-0.25, -0.2) is 18.2 Å². The van der Waals surface area contributed by atoms with E-state index < -0.39 is 22.6 Å². The van der Waals surface area contributed by atoms with Gasteiger partial charge in [-0.3, -0.25) is 5.43 Å². The monoisotopic (exact) mass is 406 g/mol. The molecular weight excluding hydrogens is 384 g/mol. The van der Waals surface area contributed by atoms with E-state index in [2.05, 4.69) is 15.5 Å². The highest BCUT2D eigenvalue weighted by Gasteiger charge is 2.21. The number of hydrazone groups is 1. The minimum Gasteiger partial charge on any atom is -0.481 e. The van der Waals surface area contributed by atoms with Gasteiger partial charge in [-0.2, -0.15) is 9.41 Å². The summed E-state index contributed by atoms with van der Waals surface area (Å²) in [5, 5.41) is 12.7. The van der Waals surface area contributed by atoms with Crippen molar-refractivity contribution >= 4 is 28.0 Å². The van der Waals surface area contributed by atoms with Gasteiger partial charge < -0.3 is 9.84 Å². The second-order valence-electron chi connectivity index (χ2n) is 5.56. The van der Waals surface area contributed by atoms with Crippen LogP contribution in [0, 0.1) is 0 Å². The fourth-order valence-electron chi connectivity index (χ4n) is 2.34. The maximum absolute atomic E-state index is 12.4. The van der Waals surface area contributed by atoms with E-state index in [1.807, 2.05) is 0 Å². The van der Waals surface area contributed by atoms with Gasteiger partial charge in [0.1, 0.15) is 16.5 Å². The molecule has 0 aliphatic carbocycles. The Morgan fingerprint density at radius 1 is 1.25 bits per heavy atom. The molecule has 9 nitrogen and oxygen atoms in total. The highest BCUT2D eigenvalue weighted by Crippen LogP contribution is 2.17. The quantitative estimate of drug-likeness (QED) is 0.457. The molecule has 2 aromatic rings. The zero-order valence-corrected chi connectivity index (χ0v) is 16.4. The SMILES string of the molecule is CCN(CC)S(=O)(=O)c1ccc(NN=Cc2ccccc2OCC(=O)O)nc1. The second kappa shape index (κ2) is 9.81. The lowest BCUT2D eigenvalue weighted by atomic mass is 10.2. The molecule has 0 aliphatic rings. The molecular formula is C18H22N4O5S. The van der Waals surface area contributed by atoms with Crippen LogP contribution in [0.3, 0.4) is 0 Å². The number of anilines is 1. The smallest absolute Gasteiger partial charge is 0.341 e. The molecule has 0 saturated carbocycles. The number of pyridine rings is 1. The number of nitrogens with one attached hydrogen (secondary N) is 1. The van der Waals surface area contributed by atoms with Crippen molar-refractivity contribution in [1.82, 2.24) is 9.29 Å². The number of benzene rings is 1. The van der Waals surface area contributed by atoms with E-state index >= 15 is 0 Å². The molecule has 0 spiro atoms. The molecule has 0 saturated heterocycles. The summed E-state index contributed by atoms with van der Waals surface area (Å²) >= 11 is 0. The molecule has 1 heterocycles. The Hall–Kier alpha value is -2.98. The number of nitrogens with zero attached hydrogens (tertiary/aromatic N) is 3. The van der Waals surface area contributed by atoms with Gasteiger partial charge in [-0.15, -0.1) is 0 Å². The Kier molecular flexibility index (Phi) is 7.47. The van der Waals surface area contributed by atoms with Crippen LogP contribution >= 0.6 is 0 Å². The average Bonchev–Trinajstić information content (AvgIpc) is 2.68. The third kappa shape index (κ3) is 5.51. The van der Waals surface area contributed by atoms with E-state index in [0.29, 0.717) is 30.2 Å². The highest BCUT2D eigenvalue weighted by atomic mass is 32.2. The Morgan fingerprint density at radius 2 is 1.96 bits per heavy atom. The van der Waals surface area contributed by atoms with Gasteiger partial charge >= 0.3 is 5.97 Å². The second-order valence-corrected chi connectivity index (χ2v) is 7.50. The number of hydrogen-bond donors (Lipinski definition) is 2. The van der Waals surface area contributed by atoms with Crippen LogP contribution in [-0.4, -0.2) is 54.7 Å². The molecule has 0 radical (unpaired) electrons. The van der Waals surface area contributed by atoms with Crippen molar-refractivity contribution in [3.05, 3.63) is 48.2 Å². The Morgan fingerprint density at radius 3 is 2.57 bits per heavy atom. The van der Waals surface area contributed by atoms with Crippen molar-refractivity contribution in [3.8, 4) is 5.75 Å². The molecule has 28 heavy (non-hydrogen) atoms. The number of rotatable bonds is 10. The third-order valence-corrected chi connectivity index (χ3v) is 5.77. The van der Waals surface area contributed by atoms with Gasteiger partial charge in [-0.05, 0) is 24.3 Å². The summed E-state index contributed by atoms with van der Waals surface area (Å²) in [6.45, 7) is 3.86. The molecule has 2 N–H and O–H groups in total. The number of hydrogen-bond acceptors (Lipinski definition) is 7. The summed E-state index contributed by atoms with van der Waals surface area (Å²) < 4.78 is 31.4. The van der Waals surface area contributed by atoms with Crippen molar-refractivity contribution in [2.75, 3.05) is 25.1 Å². The number of sulfonamides is 1. The van der Waals surface area contributed by atoms with Gasteiger partial charge in [0.15, 0.2) is 6.61 Å². The lowest BCUT2D eigenvalue weighted by Crippen LogP contribution is -2.30. The molecule has 150 valence electrons. The zero-order chi connectivity index (χ0) is 20.6. The molecule has 1 aromatic heterocycles. The molecule has 0 amide bonds. The molecule has 1 aromatic carbocycles. The van der Waals surface area contributed by atoms with Crippen molar-refractivity contribution in [2.24, 2.45) is 5.10 Å². The number of carbonyl (C=O) groups is 1. The minimum absolute atomic E-state index is 0.109. The zero-order valence-electron chi connectivity index (χ0n) is 15.6. The summed E-state index contributed by atoms with van der Waals surface area (Å²) in [6.07, 6.45) is 2.73. The first-order chi connectivity index (χ1) is 13.4. The predicted octanol–water partition coefficient (Wildman–Crippen LogP) is 2.02. The van der Waals surface area contributed by atoms with Gasteiger partial charge in [-0.1, -0.05) is 26.0 Å². The lowest BCUT2D eigenvalue weighted by Gasteiger charge is -2.18. The predicted molar refractivity (Wildman–Crippen MR) is 105 cm³/mol. The molecule has 10 heteroatoms. The van der Waals surface area contributed by atoms with E-state index in [1.165, 1.54) is 28.8 Å². The lowest BCUT2D eigenvalue weighted by molar-refractivity contribution is -0.139. The van der Waals surface area contributed by atoms with Crippen LogP contribution in [0.25, 0.3) is 0 Å². The summed E-state index contributed by atoms with van der Waals surface area (Å²) in [6, 6.07) is 9.81. The number of para-hydroxylation sites is 1. The van der Waals surface area contributed by atoms with Gasteiger partial charge in [0, 0.05) is 24.8 Å². The van der Waals surface area contributed by atoms with Crippen LogP contribution in [-0.2, 0) is 14.8 Å². The van der Waals surface area contributed by atoms with E-state index in [9.17, 15) is 13.2 Å². The molecule has 0 fully saturated rings. The summed E-state index contributed by atoms with van der Waals surface area (Å²) in [5.41, 5.74) is 3.28. The molecule has 0 aliphatic heterocycles. The Bertz CT molecular complexity index is 925. The number of ether oxygens (including phenoxy) is 1. The minimum atomic E-state index is -3.56. The van der Waals surface area contributed by atoms with Gasteiger partial charge in [0.25, 0.3) is 0 Å². The van der Waals surface area contributed by atoms with Crippen LogP contribution in [0.4, 0.5) is 5.82 Å². The van der Waals surface area contributed by atoms with Gasteiger partial charge in [0.05, 0.1) is 6.21 Å². The first-order valence-corrected chi connectivity index (χ1v) is 10.0. The van der Waals surface area contributed by atoms with Crippen LogP contribution in [0.1, 0.15) is 19.4 Å². The highest BCUT2D eigenvalue weighted by molar-refractivity contribution is 7.89. The van der Waals surface area contributed by atoms with Crippen LogP contribution in [0.2, 0.25) is 0 Å². The van der Waals surface area contributed by atoms with Crippen LogP contribution in [0.5, 0.6) is 5.75 Å². The van der Waals surface area contributed by atoms with E-state index in [4.69, 9.17) is 9.84 Å². The summed E-state index contributed by atoms with van der Waals surface area (Å²) in [5.74, 6) is -0.337. The number of carboxylic acid groups (broad SMARTS) is 1. The van der Waals surface area contributed by atoms with E-state index in [0.717, 1.165) is 0 Å². The van der Waals surface area contributed by atoms with Crippen LogP contribution in [0.15, 0.2) is 52.6 Å². The molecule has 0 unspecified atom stereocenters. The topological polar surface area (TPSA) is 121 Å². The van der Waals surface area contributed by atoms with Crippen molar-refractivity contribution < 1.29 is 23.1 Å². The molecule has 2 rings (SSSR count). The normalized spacial score (nSPS) is 11.7. The van der Waals surface area contributed by atoms with Crippen molar-refractivity contribution in [3.63, 3.8) is 0 Å². The fraction of sp³-hybridized carbons (Fsp3) is 0.278. The number of aromatic nitrogens is 1. The maximum Gasteiger partial charge on any atom is 0.341 e.